The summed E-state index contributed by atoms with van der Waals surface area (Å²) in [5.74, 6) is -18.7. The van der Waals surface area contributed by atoms with E-state index in [2.05, 4.69) is 11.3 Å². The highest BCUT2D eigenvalue weighted by Gasteiger charge is 2.89. The normalized spacial score (nSPS) is 15.1. The van der Waals surface area contributed by atoms with Gasteiger partial charge in [-0.25, -0.2) is 9.18 Å². The van der Waals surface area contributed by atoms with Gasteiger partial charge in [0.05, 0.1) is 5.92 Å². The molecule has 3 nitrogen and oxygen atoms in total. The van der Waals surface area contributed by atoms with E-state index in [1.165, 1.54) is 0 Å². The summed E-state index contributed by atoms with van der Waals surface area (Å²) in [6, 6.07) is 0. The van der Waals surface area contributed by atoms with Gasteiger partial charge in [0.15, 0.2) is 0 Å². The number of ether oxygens (including phenoxy) is 1. The topological polar surface area (TPSA) is 43.4 Å². The molecule has 0 saturated heterocycles. The molecule has 0 aromatic rings. The molecule has 1 unspecified atom stereocenters. The Morgan fingerprint density at radius 2 is 1.31 bits per heavy atom. The van der Waals surface area contributed by atoms with Crippen LogP contribution in [0.25, 0.3) is 0 Å². The van der Waals surface area contributed by atoms with Crippen LogP contribution in [0, 0.1) is 5.92 Å². The molecule has 0 N–H and O–H groups in total. The molecule has 0 bridgehead atoms. The molecule has 0 fully saturated rings. The standard InChI is InChI=1S/C15H15F11O3/c1-4-9(27)8(6-29-10(28)7(2)3)5-11(16,17)13(19,20)12(18,14(21,22)23)15(24,25)26/h8H,2,4-6H2,1,3H3. The highest BCUT2D eigenvalue weighted by Crippen LogP contribution is 2.60. The first kappa shape index (κ1) is 27.1. The molecule has 0 radical (unpaired) electrons. The van der Waals surface area contributed by atoms with E-state index in [1.807, 2.05) is 0 Å². The summed E-state index contributed by atoms with van der Waals surface area (Å²) in [6.07, 6.45) is -18.2. The summed E-state index contributed by atoms with van der Waals surface area (Å²) in [5.41, 5.74) is -7.94. The molecule has 0 amide bonds. The maximum absolute atomic E-state index is 13.9. The summed E-state index contributed by atoms with van der Waals surface area (Å²) < 4.78 is 148. The fourth-order valence-corrected chi connectivity index (χ4v) is 2.06. The molecule has 0 rings (SSSR count). The number of rotatable bonds is 9. The van der Waals surface area contributed by atoms with Gasteiger partial charge >= 0.3 is 35.8 Å². The molecule has 0 aromatic heterocycles. The van der Waals surface area contributed by atoms with Crippen LogP contribution in [0.1, 0.15) is 26.7 Å². The van der Waals surface area contributed by atoms with Gasteiger partial charge in [-0.1, -0.05) is 13.5 Å². The number of ketones is 1. The SMILES string of the molecule is C=C(C)C(=O)OCC(CC(F)(F)C(F)(F)C(F)(C(F)(F)F)C(F)(F)F)C(=O)CC. The predicted molar refractivity (Wildman–Crippen MR) is 75.0 cm³/mol. The third-order valence-corrected chi connectivity index (χ3v) is 3.74. The van der Waals surface area contributed by atoms with Gasteiger partial charge in [0.25, 0.3) is 0 Å². The van der Waals surface area contributed by atoms with Crippen LogP contribution in [-0.4, -0.2) is 48.2 Å². The van der Waals surface area contributed by atoms with Gasteiger partial charge < -0.3 is 4.74 Å². The van der Waals surface area contributed by atoms with Crippen LogP contribution in [0.5, 0.6) is 0 Å². The second kappa shape index (κ2) is 8.46. The highest BCUT2D eigenvalue weighted by molar-refractivity contribution is 5.87. The van der Waals surface area contributed by atoms with E-state index in [4.69, 9.17) is 0 Å². The molecule has 0 heterocycles. The number of hydrogen-bond acceptors (Lipinski definition) is 3. The first-order valence-electron chi connectivity index (χ1n) is 7.60. The van der Waals surface area contributed by atoms with Gasteiger partial charge in [0.2, 0.25) is 0 Å². The first-order chi connectivity index (χ1) is 12.7. The van der Waals surface area contributed by atoms with Gasteiger partial charge in [-0.15, -0.1) is 0 Å². The van der Waals surface area contributed by atoms with Gasteiger partial charge in [0, 0.05) is 18.4 Å². The third-order valence-electron chi connectivity index (χ3n) is 3.74. The smallest absolute Gasteiger partial charge is 0.438 e. The van der Waals surface area contributed by atoms with Gasteiger partial charge in [0.1, 0.15) is 12.4 Å². The van der Waals surface area contributed by atoms with E-state index in [0.29, 0.717) is 0 Å². The molecular weight excluding hydrogens is 437 g/mol. The monoisotopic (exact) mass is 452 g/mol. The fourth-order valence-electron chi connectivity index (χ4n) is 2.06. The third kappa shape index (κ3) is 5.18. The highest BCUT2D eigenvalue weighted by atomic mass is 19.4. The summed E-state index contributed by atoms with van der Waals surface area (Å²) in [4.78, 5) is 22.8. The van der Waals surface area contributed by atoms with Crippen molar-refractivity contribution >= 4 is 11.8 Å². The largest absolute Gasteiger partial charge is 0.462 e. The van der Waals surface area contributed by atoms with Crippen LogP contribution in [0.15, 0.2) is 12.2 Å². The van der Waals surface area contributed by atoms with Crippen molar-refractivity contribution in [2.24, 2.45) is 5.92 Å². The summed E-state index contributed by atoms with van der Waals surface area (Å²) in [7, 11) is 0. The first-order valence-corrected chi connectivity index (χ1v) is 7.60. The van der Waals surface area contributed by atoms with Crippen molar-refractivity contribution < 1.29 is 62.6 Å². The molecule has 0 spiro atoms. The average Bonchev–Trinajstić information content (AvgIpc) is 2.53. The van der Waals surface area contributed by atoms with Crippen molar-refractivity contribution in [1.29, 1.82) is 0 Å². The lowest BCUT2D eigenvalue weighted by molar-refractivity contribution is -0.427. The average molecular weight is 452 g/mol. The van der Waals surface area contributed by atoms with Gasteiger partial charge in [-0.3, -0.25) is 4.79 Å². The Kier molecular flexibility index (Phi) is 7.91. The Hall–Kier alpha value is -1.89. The number of halogens is 11. The summed E-state index contributed by atoms with van der Waals surface area (Å²) in [5, 5.41) is 0. The molecule has 29 heavy (non-hydrogen) atoms. The van der Waals surface area contributed by atoms with Crippen molar-refractivity contribution in [2.45, 2.75) is 56.6 Å². The Morgan fingerprint density at radius 3 is 1.62 bits per heavy atom. The lowest BCUT2D eigenvalue weighted by Gasteiger charge is -2.40. The minimum atomic E-state index is -7.61. The minimum absolute atomic E-state index is 0.332. The van der Waals surface area contributed by atoms with Crippen LogP contribution < -0.4 is 0 Å². The number of hydrogen-bond donors (Lipinski definition) is 0. The Labute approximate surface area is 156 Å². The molecule has 0 aliphatic heterocycles. The molecular formula is C15H15F11O3. The second-order valence-corrected chi connectivity index (χ2v) is 6.03. The van der Waals surface area contributed by atoms with Crippen LogP contribution in [0.3, 0.4) is 0 Å². The Morgan fingerprint density at radius 1 is 0.897 bits per heavy atom. The second-order valence-electron chi connectivity index (χ2n) is 6.03. The Balaban J connectivity index is 6.09. The summed E-state index contributed by atoms with van der Waals surface area (Å²) in [6.45, 7) is 3.77. The van der Waals surface area contributed by atoms with Crippen molar-refractivity contribution in [3.05, 3.63) is 12.2 Å². The van der Waals surface area contributed by atoms with E-state index < -0.39 is 67.0 Å². The minimum Gasteiger partial charge on any atom is -0.462 e. The lowest BCUT2D eigenvalue weighted by Crippen LogP contribution is -2.70. The molecule has 170 valence electrons. The number of Topliss-reactive ketones (excluding diaryl/α,β-unsaturated/α-hetero) is 1. The molecule has 1 atom stereocenters. The van der Waals surface area contributed by atoms with Crippen molar-refractivity contribution in [3.8, 4) is 0 Å². The quantitative estimate of drug-likeness (QED) is 0.275. The van der Waals surface area contributed by atoms with Crippen molar-refractivity contribution in [2.75, 3.05) is 6.61 Å². The number of carbonyl (C=O) groups is 2. The van der Waals surface area contributed by atoms with Gasteiger partial charge in [-0.05, 0) is 6.92 Å². The maximum atomic E-state index is 13.9. The molecule has 0 aliphatic carbocycles. The van der Waals surface area contributed by atoms with E-state index in [9.17, 15) is 57.9 Å². The van der Waals surface area contributed by atoms with Crippen LogP contribution in [0.4, 0.5) is 48.3 Å². The zero-order valence-corrected chi connectivity index (χ0v) is 14.8. The number of carbonyl (C=O) groups excluding carboxylic acids is 2. The van der Waals surface area contributed by atoms with Crippen LogP contribution in [-0.2, 0) is 14.3 Å². The zero-order valence-electron chi connectivity index (χ0n) is 14.8. The molecule has 14 heteroatoms. The molecule has 0 aliphatic rings. The van der Waals surface area contributed by atoms with Crippen molar-refractivity contribution in [3.63, 3.8) is 0 Å². The summed E-state index contributed by atoms with van der Waals surface area (Å²) >= 11 is 0. The van der Waals surface area contributed by atoms with E-state index in [-0.39, 0.29) is 5.57 Å². The van der Waals surface area contributed by atoms with Crippen LogP contribution >= 0.6 is 0 Å². The van der Waals surface area contributed by atoms with E-state index in [0.717, 1.165) is 13.8 Å². The van der Waals surface area contributed by atoms with E-state index >= 15 is 0 Å². The van der Waals surface area contributed by atoms with Gasteiger partial charge in [-0.2, -0.15) is 43.9 Å². The number of alkyl halides is 11. The maximum Gasteiger partial charge on any atom is 0.438 e. The molecule has 0 saturated carbocycles. The predicted octanol–water partition coefficient (Wildman–Crippen LogP) is 5.19. The fraction of sp³-hybridized carbons (Fsp3) is 0.733. The van der Waals surface area contributed by atoms with E-state index in [1.54, 1.807) is 0 Å². The lowest BCUT2D eigenvalue weighted by atomic mass is 9.85. The molecule has 0 aromatic carbocycles. The van der Waals surface area contributed by atoms with Crippen LogP contribution in [0.2, 0.25) is 0 Å². The Bertz CT molecular complexity index is 620. The zero-order chi connectivity index (χ0) is 23.6. The number of esters is 1. The van der Waals surface area contributed by atoms with Crippen molar-refractivity contribution in [1.82, 2.24) is 0 Å².